The van der Waals surface area contributed by atoms with Crippen molar-refractivity contribution < 1.29 is 0 Å². The average molecular weight is 169 g/mol. The van der Waals surface area contributed by atoms with E-state index in [4.69, 9.17) is 6.42 Å². The summed E-state index contributed by atoms with van der Waals surface area (Å²) in [5, 5.41) is 1.23. The summed E-state index contributed by atoms with van der Waals surface area (Å²) in [5.74, 6) is 2.68. The van der Waals surface area contributed by atoms with Crippen LogP contribution in [0.15, 0.2) is 18.2 Å². The Balaban J connectivity index is 2.87. The first-order valence-corrected chi connectivity index (χ1v) is 4.28. The molecule has 2 rings (SSSR count). The van der Waals surface area contributed by atoms with Crippen LogP contribution in [0, 0.1) is 26.2 Å². The molecule has 1 N–H and O–H groups in total. The third-order valence-corrected chi connectivity index (χ3v) is 2.36. The van der Waals surface area contributed by atoms with Crippen LogP contribution in [0.5, 0.6) is 0 Å². The van der Waals surface area contributed by atoms with Gasteiger partial charge in [0.2, 0.25) is 0 Å². The zero-order valence-electron chi connectivity index (χ0n) is 7.81. The van der Waals surface area contributed by atoms with Gasteiger partial charge in [0.1, 0.15) is 0 Å². The molecule has 0 fully saturated rings. The second-order valence-electron chi connectivity index (χ2n) is 3.30. The number of benzene rings is 1. The van der Waals surface area contributed by atoms with Crippen LogP contribution in [0.4, 0.5) is 0 Å². The van der Waals surface area contributed by atoms with Crippen molar-refractivity contribution in [2.45, 2.75) is 13.8 Å². The Kier molecular flexibility index (Phi) is 1.63. The Labute approximate surface area is 77.8 Å². The van der Waals surface area contributed by atoms with E-state index in [9.17, 15) is 0 Å². The molecule has 0 saturated heterocycles. The van der Waals surface area contributed by atoms with Crippen LogP contribution in [-0.2, 0) is 0 Å². The van der Waals surface area contributed by atoms with E-state index in [2.05, 4.69) is 30.8 Å². The Bertz CT molecular complexity index is 498. The minimum absolute atomic E-state index is 0.978. The molecule has 1 heterocycles. The molecular formula is C12H11N. The fourth-order valence-electron chi connectivity index (χ4n) is 1.64. The smallest absolute Gasteiger partial charge is 0.0459 e. The van der Waals surface area contributed by atoms with Gasteiger partial charge < -0.3 is 4.98 Å². The van der Waals surface area contributed by atoms with Crippen molar-refractivity contribution in [1.29, 1.82) is 0 Å². The summed E-state index contributed by atoms with van der Waals surface area (Å²) in [4.78, 5) is 3.28. The maximum absolute atomic E-state index is 5.39. The van der Waals surface area contributed by atoms with E-state index in [1.807, 2.05) is 12.1 Å². The van der Waals surface area contributed by atoms with E-state index in [-0.39, 0.29) is 0 Å². The summed E-state index contributed by atoms with van der Waals surface area (Å²) in [6, 6.07) is 6.14. The highest BCUT2D eigenvalue weighted by atomic mass is 14.7. The van der Waals surface area contributed by atoms with Crippen LogP contribution in [0.1, 0.15) is 16.8 Å². The van der Waals surface area contributed by atoms with Crippen molar-refractivity contribution in [3.63, 3.8) is 0 Å². The molecule has 1 nitrogen and oxygen atoms in total. The summed E-state index contributed by atoms with van der Waals surface area (Å²) in [5.41, 5.74) is 4.50. The van der Waals surface area contributed by atoms with Gasteiger partial charge in [-0.2, -0.15) is 0 Å². The lowest BCUT2D eigenvalue weighted by atomic mass is 10.1. The van der Waals surface area contributed by atoms with Gasteiger partial charge in [0.15, 0.2) is 0 Å². The van der Waals surface area contributed by atoms with E-state index in [0.717, 1.165) is 11.1 Å². The van der Waals surface area contributed by atoms with Gasteiger partial charge in [-0.15, -0.1) is 6.42 Å². The van der Waals surface area contributed by atoms with Crippen LogP contribution in [-0.4, -0.2) is 4.98 Å². The van der Waals surface area contributed by atoms with Crippen molar-refractivity contribution in [2.24, 2.45) is 0 Å². The maximum Gasteiger partial charge on any atom is 0.0459 e. The lowest BCUT2D eigenvalue weighted by Crippen LogP contribution is -1.81. The molecule has 0 radical (unpaired) electrons. The quantitative estimate of drug-likeness (QED) is 0.584. The Morgan fingerprint density at radius 1 is 1.31 bits per heavy atom. The predicted octanol–water partition coefficient (Wildman–Crippen LogP) is 2.77. The maximum atomic E-state index is 5.39. The number of aryl methyl sites for hydroxylation is 2. The van der Waals surface area contributed by atoms with Crippen molar-refractivity contribution >= 4 is 10.9 Å². The van der Waals surface area contributed by atoms with E-state index in [0.29, 0.717) is 0 Å². The van der Waals surface area contributed by atoms with Crippen LogP contribution < -0.4 is 0 Å². The fraction of sp³-hybridized carbons (Fsp3) is 0.167. The first-order chi connectivity index (χ1) is 6.22. The number of fused-ring (bicyclic) bond motifs is 1. The molecule has 1 heteroatoms. The predicted molar refractivity (Wildman–Crippen MR) is 55.7 cm³/mol. The molecule has 0 aliphatic heterocycles. The van der Waals surface area contributed by atoms with E-state index in [1.54, 1.807) is 0 Å². The van der Waals surface area contributed by atoms with Crippen LogP contribution in [0.25, 0.3) is 10.9 Å². The number of hydrogen-bond donors (Lipinski definition) is 1. The van der Waals surface area contributed by atoms with E-state index >= 15 is 0 Å². The van der Waals surface area contributed by atoms with Gasteiger partial charge in [-0.3, -0.25) is 0 Å². The number of nitrogens with one attached hydrogen (secondary N) is 1. The van der Waals surface area contributed by atoms with Gasteiger partial charge in [-0.25, -0.2) is 0 Å². The standard InChI is InChI=1S/C12H11N/c1-4-10-5-6-12-11(9(10)3)7-8(2)13-12/h1,5-7,13H,2-3H3. The minimum atomic E-state index is 0.978. The van der Waals surface area contributed by atoms with Gasteiger partial charge in [0.25, 0.3) is 0 Å². The minimum Gasteiger partial charge on any atom is -0.359 e. The second kappa shape index (κ2) is 2.67. The molecule has 0 spiro atoms. The van der Waals surface area contributed by atoms with Crippen molar-refractivity contribution in [3.05, 3.63) is 35.0 Å². The normalized spacial score (nSPS) is 10.2. The van der Waals surface area contributed by atoms with Crippen LogP contribution in [0.2, 0.25) is 0 Å². The highest BCUT2D eigenvalue weighted by Gasteiger charge is 2.03. The first kappa shape index (κ1) is 7.94. The molecule has 1 aromatic heterocycles. The molecule has 64 valence electrons. The van der Waals surface area contributed by atoms with Crippen molar-refractivity contribution in [2.75, 3.05) is 0 Å². The highest BCUT2D eigenvalue weighted by molar-refractivity contribution is 5.85. The van der Waals surface area contributed by atoms with Gasteiger partial charge in [-0.05, 0) is 37.6 Å². The Morgan fingerprint density at radius 3 is 2.77 bits per heavy atom. The van der Waals surface area contributed by atoms with Crippen molar-refractivity contribution in [3.8, 4) is 12.3 Å². The third-order valence-electron chi connectivity index (χ3n) is 2.36. The number of terminal acetylenes is 1. The number of hydrogen-bond acceptors (Lipinski definition) is 0. The van der Waals surface area contributed by atoms with Crippen LogP contribution in [0.3, 0.4) is 0 Å². The van der Waals surface area contributed by atoms with Gasteiger partial charge in [0, 0.05) is 22.2 Å². The fourth-order valence-corrected chi connectivity index (χ4v) is 1.64. The molecule has 0 aliphatic carbocycles. The number of aromatic nitrogens is 1. The lowest BCUT2D eigenvalue weighted by Gasteiger charge is -1.98. The number of aromatic amines is 1. The second-order valence-corrected chi connectivity index (χ2v) is 3.30. The molecule has 13 heavy (non-hydrogen) atoms. The highest BCUT2D eigenvalue weighted by Crippen LogP contribution is 2.21. The van der Waals surface area contributed by atoms with Gasteiger partial charge in [0.05, 0.1) is 0 Å². The summed E-state index contributed by atoms with van der Waals surface area (Å²) in [7, 11) is 0. The molecular weight excluding hydrogens is 158 g/mol. The molecule has 0 amide bonds. The largest absolute Gasteiger partial charge is 0.359 e. The first-order valence-electron chi connectivity index (χ1n) is 4.28. The van der Waals surface area contributed by atoms with Crippen LogP contribution >= 0.6 is 0 Å². The molecule has 0 bridgehead atoms. The number of rotatable bonds is 0. The van der Waals surface area contributed by atoms with Gasteiger partial charge in [-0.1, -0.05) is 5.92 Å². The lowest BCUT2D eigenvalue weighted by molar-refractivity contribution is 1.30. The molecule has 0 atom stereocenters. The summed E-state index contributed by atoms with van der Waals surface area (Å²) in [6.45, 7) is 4.11. The Morgan fingerprint density at radius 2 is 2.08 bits per heavy atom. The molecule has 0 aliphatic rings. The van der Waals surface area contributed by atoms with E-state index in [1.165, 1.54) is 16.6 Å². The number of H-pyrrole nitrogens is 1. The molecule has 2 aromatic rings. The topological polar surface area (TPSA) is 15.8 Å². The monoisotopic (exact) mass is 169 g/mol. The SMILES string of the molecule is C#Cc1ccc2[nH]c(C)cc2c1C. The molecule has 0 unspecified atom stereocenters. The average Bonchev–Trinajstić information content (AvgIpc) is 2.47. The molecule has 0 saturated carbocycles. The Hall–Kier alpha value is -1.68. The summed E-state index contributed by atoms with van der Waals surface area (Å²) >= 11 is 0. The van der Waals surface area contributed by atoms with E-state index < -0.39 is 0 Å². The zero-order chi connectivity index (χ0) is 9.42. The van der Waals surface area contributed by atoms with Gasteiger partial charge >= 0.3 is 0 Å². The summed E-state index contributed by atoms with van der Waals surface area (Å²) in [6.07, 6.45) is 5.39. The third kappa shape index (κ3) is 1.11. The molecule has 1 aromatic carbocycles. The zero-order valence-corrected chi connectivity index (χ0v) is 7.81. The van der Waals surface area contributed by atoms with Crippen molar-refractivity contribution in [1.82, 2.24) is 4.98 Å². The summed E-state index contributed by atoms with van der Waals surface area (Å²) < 4.78 is 0.